The van der Waals surface area contributed by atoms with E-state index in [-0.39, 0.29) is 5.92 Å². The van der Waals surface area contributed by atoms with Gasteiger partial charge in [0.2, 0.25) is 0 Å². The minimum absolute atomic E-state index is 0.265. The number of halogens is 1. The molecule has 3 heterocycles. The number of hydrogen-bond acceptors (Lipinski definition) is 4. The van der Waals surface area contributed by atoms with Gasteiger partial charge in [0.25, 0.3) is 0 Å². The van der Waals surface area contributed by atoms with E-state index < -0.39 is 5.97 Å². The number of carboxylic acids is 1. The van der Waals surface area contributed by atoms with E-state index in [9.17, 15) is 9.90 Å². The van der Waals surface area contributed by atoms with Crippen LogP contribution in [-0.2, 0) is 4.79 Å². The molecule has 0 unspecified atom stereocenters. The molecule has 1 saturated heterocycles. The first-order chi connectivity index (χ1) is 12.1. The third-order valence-corrected chi connectivity index (χ3v) is 4.92. The SMILES string of the molecule is O=C(O)C1CCN(c2cc(-n3ccnc3)c3ccc(Cl)cc3n2)CC1. The standard InChI is InChI=1S/C18H17ClN4O2/c19-13-1-2-14-15(9-13)21-17(10-16(14)23-8-5-20-11-23)22-6-3-12(4-7-22)18(24)25/h1-2,5,8-12H,3-4,6-7H2,(H,24,25). The van der Waals surface area contributed by atoms with Gasteiger partial charge in [-0.05, 0) is 31.0 Å². The van der Waals surface area contributed by atoms with Crippen LogP contribution in [0.5, 0.6) is 0 Å². The van der Waals surface area contributed by atoms with Gasteiger partial charge in [-0.1, -0.05) is 11.6 Å². The van der Waals surface area contributed by atoms with E-state index in [0.29, 0.717) is 31.0 Å². The van der Waals surface area contributed by atoms with Crippen LogP contribution in [0.4, 0.5) is 5.82 Å². The second-order valence-corrected chi connectivity index (χ2v) is 6.67. The average molecular weight is 357 g/mol. The minimum atomic E-state index is -0.711. The number of pyridine rings is 1. The molecule has 0 aliphatic carbocycles. The number of aliphatic carboxylic acids is 1. The predicted molar refractivity (Wildman–Crippen MR) is 96.4 cm³/mol. The first kappa shape index (κ1) is 15.9. The first-order valence-corrected chi connectivity index (χ1v) is 8.56. The zero-order valence-electron chi connectivity index (χ0n) is 13.5. The van der Waals surface area contributed by atoms with Gasteiger partial charge < -0.3 is 14.6 Å². The van der Waals surface area contributed by atoms with Gasteiger partial charge in [0, 0.05) is 42.0 Å². The third-order valence-electron chi connectivity index (χ3n) is 4.69. The largest absolute Gasteiger partial charge is 0.481 e. The Kier molecular flexibility index (Phi) is 4.05. The molecule has 0 saturated carbocycles. The van der Waals surface area contributed by atoms with Crippen LogP contribution in [0.1, 0.15) is 12.8 Å². The van der Waals surface area contributed by atoms with Crippen LogP contribution in [0.2, 0.25) is 5.02 Å². The Morgan fingerprint density at radius 1 is 1.24 bits per heavy atom. The molecule has 128 valence electrons. The van der Waals surface area contributed by atoms with Gasteiger partial charge >= 0.3 is 5.97 Å². The lowest BCUT2D eigenvalue weighted by molar-refractivity contribution is -0.142. The molecule has 0 amide bonds. The molecule has 2 aromatic heterocycles. The van der Waals surface area contributed by atoms with Gasteiger partial charge in [0.1, 0.15) is 5.82 Å². The number of carbonyl (C=O) groups is 1. The summed E-state index contributed by atoms with van der Waals surface area (Å²) < 4.78 is 1.95. The van der Waals surface area contributed by atoms with Crippen LogP contribution < -0.4 is 4.90 Å². The highest BCUT2D eigenvalue weighted by atomic mass is 35.5. The van der Waals surface area contributed by atoms with Crippen LogP contribution in [-0.4, -0.2) is 38.7 Å². The van der Waals surface area contributed by atoms with Crippen molar-refractivity contribution in [1.82, 2.24) is 14.5 Å². The molecule has 3 aromatic rings. The number of aromatic nitrogens is 3. The molecular formula is C18H17ClN4O2. The van der Waals surface area contributed by atoms with Crippen LogP contribution >= 0.6 is 11.6 Å². The third kappa shape index (κ3) is 3.05. The van der Waals surface area contributed by atoms with Crippen molar-refractivity contribution in [3.05, 3.63) is 48.0 Å². The van der Waals surface area contributed by atoms with Crippen molar-refractivity contribution < 1.29 is 9.90 Å². The molecule has 7 heteroatoms. The molecule has 0 atom stereocenters. The van der Waals surface area contributed by atoms with E-state index in [0.717, 1.165) is 22.4 Å². The molecule has 6 nitrogen and oxygen atoms in total. The van der Waals surface area contributed by atoms with E-state index in [1.54, 1.807) is 12.5 Å². The zero-order chi connectivity index (χ0) is 17.4. The Morgan fingerprint density at radius 3 is 2.72 bits per heavy atom. The number of hydrogen-bond donors (Lipinski definition) is 1. The van der Waals surface area contributed by atoms with E-state index in [4.69, 9.17) is 16.6 Å². The summed E-state index contributed by atoms with van der Waals surface area (Å²) in [4.78, 5) is 22.2. The molecule has 1 aromatic carbocycles. The number of fused-ring (bicyclic) bond motifs is 1. The summed E-state index contributed by atoms with van der Waals surface area (Å²) in [6.07, 6.45) is 6.64. The van der Waals surface area contributed by atoms with Crippen molar-refractivity contribution in [1.29, 1.82) is 0 Å². The Labute approximate surface area is 149 Å². The highest BCUT2D eigenvalue weighted by Gasteiger charge is 2.25. The van der Waals surface area contributed by atoms with Gasteiger partial charge in [-0.3, -0.25) is 4.79 Å². The Bertz CT molecular complexity index is 918. The maximum absolute atomic E-state index is 11.2. The molecular weight excluding hydrogens is 340 g/mol. The lowest BCUT2D eigenvalue weighted by Crippen LogP contribution is -2.36. The van der Waals surface area contributed by atoms with Crippen LogP contribution in [0.3, 0.4) is 0 Å². The molecule has 25 heavy (non-hydrogen) atoms. The topological polar surface area (TPSA) is 71.2 Å². The molecule has 1 aliphatic rings. The van der Waals surface area contributed by atoms with Crippen molar-refractivity contribution >= 4 is 34.3 Å². The van der Waals surface area contributed by atoms with Crippen LogP contribution in [0.15, 0.2) is 43.0 Å². The molecule has 1 N–H and O–H groups in total. The fourth-order valence-electron chi connectivity index (χ4n) is 3.30. The van der Waals surface area contributed by atoms with Gasteiger partial charge in [-0.2, -0.15) is 0 Å². The number of benzene rings is 1. The summed E-state index contributed by atoms with van der Waals surface area (Å²) in [5, 5.41) is 10.8. The summed E-state index contributed by atoms with van der Waals surface area (Å²) in [6, 6.07) is 7.69. The van der Waals surface area contributed by atoms with Crippen LogP contribution in [0, 0.1) is 5.92 Å². The Morgan fingerprint density at radius 2 is 2.04 bits per heavy atom. The fraction of sp³-hybridized carbons (Fsp3) is 0.278. The second-order valence-electron chi connectivity index (χ2n) is 6.23. The molecule has 1 fully saturated rings. The summed E-state index contributed by atoms with van der Waals surface area (Å²) in [7, 11) is 0. The molecule has 0 bridgehead atoms. The second kappa shape index (κ2) is 6.37. The maximum atomic E-state index is 11.2. The highest BCUT2D eigenvalue weighted by molar-refractivity contribution is 6.31. The average Bonchev–Trinajstić information content (AvgIpc) is 3.15. The van der Waals surface area contributed by atoms with Crippen molar-refractivity contribution in [2.24, 2.45) is 5.92 Å². The van der Waals surface area contributed by atoms with E-state index in [1.807, 2.05) is 35.0 Å². The normalized spacial score (nSPS) is 15.6. The Hall–Kier alpha value is -2.60. The number of nitrogens with zero attached hydrogens (tertiary/aromatic N) is 4. The number of carboxylic acid groups (broad SMARTS) is 1. The van der Waals surface area contributed by atoms with Crippen molar-refractivity contribution in [3.8, 4) is 5.69 Å². The Balaban J connectivity index is 1.76. The number of anilines is 1. The summed E-state index contributed by atoms with van der Waals surface area (Å²) in [5.74, 6) is -0.140. The van der Waals surface area contributed by atoms with Crippen molar-refractivity contribution in [3.63, 3.8) is 0 Å². The van der Waals surface area contributed by atoms with Gasteiger partial charge in [-0.15, -0.1) is 0 Å². The summed E-state index contributed by atoms with van der Waals surface area (Å²) in [5.41, 5.74) is 1.79. The summed E-state index contributed by atoms with van der Waals surface area (Å²) >= 11 is 6.15. The summed E-state index contributed by atoms with van der Waals surface area (Å²) in [6.45, 7) is 1.36. The lowest BCUT2D eigenvalue weighted by Gasteiger charge is -2.31. The minimum Gasteiger partial charge on any atom is -0.481 e. The number of piperidine rings is 1. The first-order valence-electron chi connectivity index (χ1n) is 8.18. The smallest absolute Gasteiger partial charge is 0.306 e. The van der Waals surface area contributed by atoms with Crippen LogP contribution in [0.25, 0.3) is 16.6 Å². The highest BCUT2D eigenvalue weighted by Crippen LogP contribution is 2.30. The van der Waals surface area contributed by atoms with Gasteiger partial charge in [0.15, 0.2) is 0 Å². The van der Waals surface area contributed by atoms with Gasteiger partial charge in [0.05, 0.1) is 23.4 Å². The van der Waals surface area contributed by atoms with E-state index in [2.05, 4.69) is 9.88 Å². The molecule has 4 rings (SSSR count). The van der Waals surface area contributed by atoms with E-state index in [1.165, 1.54) is 0 Å². The quantitative estimate of drug-likeness (QED) is 0.779. The van der Waals surface area contributed by atoms with Gasteiger partial charge in [-0.25, -0.2) is 9.97 Å². The maximum Gasteiger partial charge on any atom is 0.306 e. The molecule has 0 radical (unpaired) electrons. The molecule has 0 spiro atoms. The molecule has 1 aliphatic heterocycles. The monoisotopic (exact) mass is 356 g/mol. The predicted octanol–water partition coefficient (Wildman–Crippen LogP) is 3.37. The van der Waals surface area contributed by atoms with Crippen molar-refractivity contribution in [2.75, 3.05) is 18.0 Å². The fourth-order valence-corrected chi connectivity index (χ4v) is 3.47. The lowest BCUT2D eigenvalue weighted by atomic mass is 9.97. The number of rotatable bonds is 3. The van der Waals surface area contributed by atoms with E-state index >= 15 is 0 Å². The number of imidazole rings is 1. The zero-order valence-corrected chi connectivity index (χ0v) is 14.2. The van der Waals surface area contributed by atoms with Crippen molar-refractivity contribution in [2.45, 2.75) is 12.8 Å².